The second-order valence-electron chi connectivity index (χ2n) is 4.34. The highest BCUT2D eigenvalue weighted by atomic mass is 16.5. The van der Waals surface area contributed by atoms with E-state index in [1.165, 1.54) is 6.20 Å². The third-order valence-corrected chi connectivity index (χ3v) is 2.87. The van der Waals surface area contributed by atoms with Gasteiger partial charge in [0.1, 0.15) is 11.4 Å². The molecule has 0 saturated carbocycles. The summed E-state index contributed by atoms with van der Waals surface area (Å²) in [5.41, 5.74) is 1.27. The summed E-state index contributed by atoms with van der Waals surface area (Å²) in [5.74, 6) is -0.331. The van der Waals surface area contributed by atoms with Crippen molar-refractivity contribution in [1.82, 2.24) is 20.2 Å². The number of aromatic amines is 2. The number of hydrogen-bond donors (Lipinski definition) is 3. The smallest absolute Gasteiger partial charge is 0.342 e. The molecule has 0 aliphatic rings. The number of aryl methyl sites for hydroxylation is 2. The van der Waals surface area contributed by atoms with Crippen molar-refractivity contribution in [3.63, 3.8) is 0 Å². The highest BCUT2D eigenvalue weighted by Gasteiger charge is 2.21. The molecule has 0 saturated heterocycles. The first-order valence-corrected chi connectivity index (χ1v) is 6.64. The summed E-state index contributed by atoms with van der Waals surface area (Å²) >= 11 is 0. The molecule has 0 atom stereocenters. The van der Waals surface area contributed by atoms with Crippen LogP contribution >= 0.6 is 0 Å². The number of hydrogen-bond acceptors (Lipinski definition) is 5. The number of nitrogens with zero attached hydrogens (tertiary/aromatic N) is 2. The summed E-state index contributed by atoms with van der Waals surface area (Å²) < 4.78 is 4.97. The lowest BCUT2D eigenvalue weighted by Crippen LogP contribution is -2.16. The molecule has 2 aromatic rings. The molecule has 0 radical (unpaired) electrons. The standard InChI is InChI=1S/C13H17N5O3/c1-4-9-16-11(18-17-9)12(19)15-8-6-14-7(3)10(8)13(20)21-5-2/h6,14H,4-5H2,1-3H3,(H,15,19)(H,16,17,18). The third kappa shape index (κ3) is 3.10. The summed E-state index contributed by atoms with van der Waals surface area (Å²) in [6, 6.07) is 0. The molecular weight excluding hydrogens is 274 g/mol. The van der Waals surface area contributed by atoms with Gasteiger partial charge in [-0.2, -0.15) is 0 Å². The normalized spacial score (nSPS) is 10.4. The van der Waals surface area contributed by atoms with Crippen LogP contribution in [0.4, 0.5) is 5.69 Å². The van der Waals surface area contributed by atoms with E-state index in [-0.39, 0.29) is 12.4 Å². The number of carbonyl (C=O) groups is 2. The van der Waals surface area contributed by atoms with Crippen LogP contribution in [0.1, 0.15) is 46.3 Å². The van der Waals surface area contributed by atoms with E-state index >= 15 is 0 Å². The fraction of sp³-hybridized carbons (Fsp3) is 0.385. The molecule has 0 aliphatic heterocycles. The molecular formula is C13H17N5O3. The predicted molar refractivity (Wildman–Crippen MR) is 75.2 cm³/mol. The molecule has 0 unspecified atom stereocenters. The minimum absolute atomic E-state index is 0.0283. The molecule has 0 spiro atoms. The molecule has 2 aromatic heterocycles. The van der Waals surface area contributed by atoms with Crippen LogP contribution in [0.25, 0.3) is 0 Å². The highest BCUT2D eigenvalue weighted by Crippen LogP contribution is 2.20. The number of nitrogens with one attached hydrogen (secondary N) is 3. The molecule has 112 valence electrons. The Balaban J connectivity index is 2.19. The molecule has 2 heterocycles. The van der Waals surface area contributed by atoms with E-state index in [9.17, 15) is 9.59 Å². The molecule has 8 heteroatoms. The second-order valence-corrected chi connectivity index (χ2v) is 4.34. The van der Waals surface area contributed by atoms with Gasteiger partial charge in [0, 0.05) is 18.3 Å². The largest absolute Gasteiger partial charge is 0.462 e. The second kappa shape index (κ2) is 6.21. The van der Waals surface area contributed by atoms with Crippen molar-refractivity contribution in [1.29, 1.82) is 0 Å². The Morgan fingerprint density at radius 2 is 2.14 bits per heavy atom. The van der Waals surface area contributed by atoms with Crippen LogP contribution in [0, 0.1) is 6.92 Å². The summed E-state index contributed by atoms with van der Waals surface area (Å²) in [6.07, 6.45) is 2.19. The van der Waals surface area contributed by atoms with Crippen LogP contribution in [-0.2, 0) is 11.2 Å². The first-order valence-electron chi connectivity index (χ1n) is 6.64. The van der Waals surface area contributed by atoms with Crippen molar-refractivity contribution >= 4 is 17.6 Å². The number of aromatic nitrogens is 4. The van der Waals surface area contributed by atoms with E-state index in [4.69, 9.17) is 4.74 Å². The predicted octanol–water partition coefficient (Wildman–Crippen LogP) is 1.43. The van der Waals surface area contributed by atoms with Crippen molar-refractivity contribution in [2.75, 3.05) is 11.9 Å². The van der Waals surface area contributed by atoms with Crippen molar-refractivity contribution < 1.29 is 14.3 Å². The number of esters is 1. The zero-order valence-corrected chi connectivity index (χ0v) is 12.1. The van der Waals surface area contributed by atoms with Crippen LogP contribution in [0.5, 0.6) is 0 Å². The van der Waals surface area contributed by atoms with Crippen LogP contribution < -0.4 is 5.32 Å². The van der Waals surface area contributed by atoms with Gasteiger partial charge in [-0.15, -0.1) is 5.10 Å². The SMILES string of the molecule is CCOC(=O)c1c(NC(=O)c2n[nH]c(CC)n2)c[nH]c1C. The molecule has 2 rings (SSSR count). The van der Waals surface area contributed by atoms with Gasteiger partial charge in [0.05, 0.1) is 12.3 Å². The monoisotopic (exact) mass is 291 g/mol. The highest BCUT2D eigenvalue weighted by molar-refractivity contribution is 6.06. The maximum absolute atomic E-state index is 12.1. The van der Waals surface area contributed by atoms with Crippen LogP contribution in [0.3, 0.4) is 0 Å². The van der Waals surface area contributed by atoms with Gasteiger partial charge in [-0.3, -0.25) is 9.89 Å². The third-order valence-electron chi connectivity index (χ3n) is 2.87. The average Bonchev–Trinajstić information content (AvgIpc) is 3.06. The average molecular weight is 291 g/mol. The molecule has 0 bridgehead atoms. The molecule has 0 fully saturated rings. The Kier molecular flexibility index (Phi) is 4.36. The summed E-state index contributed by atoms with van der Waals surface area (Å²) in [4.78, 5) is 30.9. The first kappa shape index (κ1) is 14.8. The van der Waals surface area contributed by atoms with Gasteiger partial charge in [0.15, 0.2) is 0 Å². The molecule has 0 aliphatic carbocycles. The Morgan fingerprint density at radius 3 is 2.76 bits per heavy atom. The Bertz CT molecular complexity index is 659. The Labute approximate surface area is 121 Å². The zero-order valence-electron chi connectivity index (χ0n) is 12.1. The number of carbonyl (C=O) groups excluding carboxylic acids is 2. The number of amides is 1. The zero-order chi connectivity index (χ0) is 15.4. The summed E-state index contributed by atoms with van der Waals surface area (Å²) in [7, 11) is 0. The molecule has 0 aromatic carbocycles. The van der Waals surface area contributed by atoms with E-state index in [1.54, 1.807) is 13.8 Å². The van der Waals surface area contributed by atoms with Gasteiger partial charge in [-0.1, -0.05) is 6.92 Å². The van der Waals surface area contributed by atoms with E-state index in [0.717, 1.165) is 0 Å². The van der Waals surface area contributed by atoms with Gasteiger partial charge in [-0.05, 0) is 13.8 Å². The number of anilines is 1. The van der Waals surface area contributed by atoms with Crippen LogP contribution in [-0.4, -0.2) is 38.6 Å². The van der Waals surface area contributed by atoms with E-state index in [0.29, 0.717) is 29.2 Å². The van der Waals surface area contributed by atoms with Gasteiger partial charge in [-0.25, -0.2) is 9.78 Å². The van der Waals surface area contributed by atoms with Gasteiger partial charge in [0.2, 0.25) is 5.82 Å². The van der Waals surface area contributed by atoms with Gasteiger partial charge in [0.25, 0.3) is 5.91 Å². The fourth-order valence-electron chi connectivity index (χ4n) is 1.82. The lowest BCUT2D eigenvalue weighted by molar-refractivity contribution is 0.0527. The minimum Gasteiger partial charge on any atom is -0.462 e. The van der Waals surface area contributed by atoms with E-state index in [1.807, 2.05) is 6.92 Å². The van der Waals surface area contributed by atoms with Crippen molar-refractivity contribution in [2.24, 2.45) is 0 Å². The quantitative estimate of drug-likeness (QED) is 0.721. The summed E-state index contributed by atoms with van der Waals surface area (Å²) in [6.45, 7) is 5.61. The van der Waals surface area contributed by atoms with E-state index in [2.05, 4.69) is 25.5 Å². The first-order chi connectivity index (χ1) is 10.1. The Morgan fingerprint density at radius 1 is 1.38 bits per heavy atom. The fourth-order valence-corrected chi connectivity index (χ4v) is 1.82. The number of rotatable bonds is 5. The minimum atomic E-state index is -0.490. The molecule has 8 nitrogen and oxygen atoms in total. The topological polar surface area (TPSA) is 113 Å². The Hall–Kier alpha value is -2.64. The van der Waals surface area contributed by atoms with Gasteiger partial charge >= 0.3 is 5.97 Å². The number of H-pyrrole nitrogens is 2. The van der Waals surface area contributed by atoms with E-state index < -0.39 is 11.9 Å². The molecule has 3 N–H and O–H groups in total. The lowest BCUT2D eigenvalue weighted by Gasteiger charge is -2.05. The van der Waals surface area contributed by atoms with Crippen molar-refractivity contribution in [3.8, 4) is 0 Å². The van der Waals surface area contributed by atoms with Crippen LogP contribution in [0.15, 0.2) is 6.20 Å². The molecule has 21 heavy (non-hydrogen) atoms. The van der Waals surface area contributed by atoms with Crippen molar-refractivity contribution in [2.45, 2.75) is 27.2 Å². The maximum Gasteiger partial charge on any atom is 0.342 e. The maximum atomic E-state index is 12.1. The molecule has 1 amide bonds. The van der Waals surface area contributed by atoms with Gasteiger partial charge < -0.3 is 15.0 Å². The lowest BCUT2D eigenvalue weighted by atomic mass is 10.2. The van der Waals surface area contributed by atoms with Crippen LogP contribution in [0.2, 0.25) is 0 Å². The summed E-state index contributed by atoms with van der Waals surface area (Å²) in [5, 5.41) is 9.10. The number of ether oxygens (including phenoxy) is 1. The van der Waals surface area contributed by atoms with Crippen molar-refractivity contribution in [3.05, 3.63) is 29.1 Å².